The van der Waals surface area contributed by atoms with Crippen molar-refractivity contribution in [1.29, 1.82) is 0 Å². The maximum atomic E-state index is 8.88. The molecular formula is C4H15Na2O5P. The van der Waals surface area contributed by atoms with E-state index in [9.17, 15) is 0 Å². The van der Waals surface area contributed by atoms with E-state index < -0.39 is 7.82 Å². The van der Waals surface area contributed by atoms with E-state index in [-0.39, 0.29) is 62.0 Å². The largest absolute Gasteiger partial charge is 1.00 e. The summed E-state index contributed by atoms with van der Waals surface area (Å²) >= 11 is 0. The molecule has 0 aromatic rings. The Kier molecular flexibility index (Phi) is 30.7. The third-order valence-corrected chi connectivity index (χ3v) is 0.408. The number of hydrogen-bond acceptors (Lipinski definition) is 2. The molecule has 12 heavy (non-hydrogen) atoms. The molecule has 0 bridgehead atoms. The second kappa shape index (κ2) is 15.5. The Bertz CT molecular complexity index is 104. The zero-order valence-electron chi connectivity index (χ0n) is 10.0. The van der Waals surface area contributed by atoms with Gasteiger partial charge in [0.25, 0.3) is 0 Å². The van der Waals surface area contributed by atoms with Gasteiger partial charge in [-0.25, -0.2) is 4.57 Å². The molecule has 0 aliphatic rings. The van der Waals surface area contributed by atoms with Gasteiger partial charge in [-0.2, -0.15) is 0 Å². The maximum Gasteiger partial charge on any atom is 1.00 e. The van der Waals surface area contributed by atoms with Crippen molar-refractivity contribution < 1.29 is 85.9 Å². The maximum absolute atomic E-state index is 8.88. The molecule has 3 N–H and O–H groups in total. The van der Waals surface area contributed by atoms with Crippen LogP contribution in [0.15, 0.2) is 0 Å². The first kappa shape index (κ1) is 23.7. The zero-order valence-corrected chi connectivity index (χ0v) is 12.9. The summed E-state index contributed by atoms with van der Waals surface area (Å²) in [5.74, 6) is 0. The van der Waals surface area contributed by atoms with Crippen molar-refractivity contribution in [3.63, 3.8) is 0 Å². The van der Waals surface area contributed by atoms with E-state index in [1.165, 1.54) is 0 Å². The number of ether oxygens (including phenoxy) is 1. The van der Waals surface area contributed by atoms with Gasteiger partial charge in [0.05, 0.1) is 0 Å². The topological polar surface area (TPSA) is 87.0 Å². The molecule has 0 saturated carbocycles. The smallest absolute Gasteiger partial charge is 1.00 e. The fourth-order valence-electron chi connectivity index (χ4n) is 0.204. The Hall–Kier alpha value is 2.07. The third kappa shape index (κ3) is 89.3. The van der Waals surface area contributed by atoms with Crippen LogP contribution in [0.25, 0.3) is 0 Å². The molecule has 0 fully saturated rings. The summed E-state index contributed by atoms with van der Waals surface area (Å²) in [7, 11) is -4.64. The molecule has 5 nitrogen and oxygen atoms in total. The van der Waals surface area contributed by atoms with Crippen LogP contribution in [0, 0.1) is 0 Å². The third-order valence-electron chi connectivity index (χ3n) is 0.408. The number of phosphoric acid groups is 1. The van der Waals surface area contributed by atoms with Gasteiger partial charge in [-0.3, -0.25) is 0 Å². The van der Waals surface area contributed by atoms with Gasteiger partial charge in [0.15, 0.2) is 0 Å². The molecule has 0 radical (unpaired) electrons. The zero-order chi connectivity index (χ0) is 8.62. The Morgan fingerprint density at radius 2 is 1.33 bits per heavy atom. The summed E-state index contributed by atoms with van der Waals surface area (Å²) in [5.41, 5.74) is 0. The predicted octanol–water partition coefficient (Wildman–Crippen LogP) is -5.65. The summed E-state index contributed by atoms with van der Waals surface area (Å²) < 4.78 is 13.7. The fourth-order valence-corrected chi connectivity index (χ4v) is 0.204. The molecule has 0 unspecified atom stereocenters. The van der Waals surface area contributed by atoms with Crippen molar-refractivity contribution in [3.05, 3.63) is 0 Å². The molecule has 68 valence electrons. The number of rotatable bonds is 2. The molecule has 0 aromatic carbocycles. The van der Waals surface area contributed by atoms with Gasteiger partial charge in [-0.1, -0.05) is 0 Å². The minimum Gasteiger partial charge on any atom is -1.00 e. The molecule has 0 amide bonds. The van der Waals surface area contributed by atoms with E-state index in [1.54, 1.807) is 0 Å². The Labute approximate surface area is 120 Å². The van der Waals surface area contributed by atoms with Gasteiger partial charge in [0.1, 0.15) is 0 Å². The first-order valence-electron chi connectivity index (χ1n) is 2.77. The van der Waals surface area contributed by atoms with Crippen molar-refractivity contribution in [2.24, 2.45) is 0 Å². The Balaban J connectivity index is -0.0000000178. The molecule has 0 aliphatic heterocycles. The van der Waals surface area contributed by atoms with E-state index >= 15 is 0 Å². The van der Waals surface area contributed by atoms with Gasteiger partial charge >= 0.3 is 66.9 Å². The summed E-state index contributed by atoms with van der Waals surface area (Å²) in [5, 5.41) is 0. The molecule has 0 heterocycles. The standard InChI is InChI=1S/C4H10O.2Na.H3O4P.2H/c1-3-5-4-2;;;1-5(2,3)4;;/h3-4H2,1-2H3;;;(H3,1,2,3,4);;/q;2*+1;;2*-1. The van der Waals surface area contributed by atoms with E-state index in [0.29, 0.717) is 0 Å². The first-order chi connectivity index (χ1) is 4.41. The van der Waals surface area contributed by atoms with E-state index in [4.69, 9.17) is 24.0 Å². The SMILES string of the molecule is CCOCC.O=P(O)(O)O.[H-].[H-].[Na+].[Na+]. The molecule has 0 aromatic heterocycles. The summed E-state index contributed by atoms with van der Waals surface area (Å²) in [6, 6.07) is 0. The second-order valence-corrected chi connectivity index (χ2v) is 2.32. The average molecular weight is 220 g/mol. The molecule has 0 rings (SSSR count). The summed E-state index contributed by atoms with van der Waals surface area (Å²) in [4.78, 5) is 21.6. The minimum atomic E-state index is -4.64. The van der Waals surface area contributed by atoms with Crippen LogP contribution < -0.4 is 59.1 Å². The van der Waals surface area contributed by atoms with Crippen LogP contribution in [0.5, 0.6) is 0 Å². The molecule has 0 spiro atoms. The van der Waals surface area contributed by atoms with Gasteiger partial charge < -0.3 is 22.3 Å². The van der Waals surface area contributed by atoms with Crippen LogP contribution in [-0.2, 0) is 9.30 Å². The molecule has 0 saturated heterocycles. The number of hydrogen-bond donors (Lipinski definition) is 3. The van der Waals surface area contributed by atoms with E-state index in [2.05, 4.69) is 0 Å². The predicted molar refractivity (Wildman–Crippen MR) is 38.7 cm³/mol. The van der Waals surface area contributed by atoms with Crippen molar-refractivity contribution >= 4 is 7.82 Å². The first-order valence-corrected chi connectivity index (χ1v) is 4.34. The molecule has 8 heteroatoms. The quantitative estimate of drug-likeness (QED) is 0.319. The monoisotopic (exact) mass is 220 g/mol. The van der Waals surface area contributed by atoms with Crippen LogP contribution in [0.1, 0.15) is 16.7 Å². The molecular weight excluding hydrogens is 205 g/mol. The summed E-state index contributed by atoms with van der Waals surface area (Å²) in [6.45, 7) is 5.67. The van der Waals surface area contributed by atoms with Crippen LogP contribution in [-0.4, -0.2) is 27.9 Å². The van der Waals surface area contributed by atoms with Gasteiger partial charge in [-0.15, -0.1) is 0 Å². The van der Waals surface area contributed by atoms with Crippen LogP contribution in [0.3, 0.4) is 0 Å². The average Bonchev–Trinajstić information content (AvgIpc) is 1.63. The van der Waals surface area contributed by atoms with Crippen molar-refractivity contribution in [2.75, 3.05) is 13.2 Å². The van der Waals surface area contributed by atoms with Crippen LogP contribution >= 0.6 is 7.82 Å². The van der Waals surface area contributed by atoms with E-state index in [0.717, 1.165) is 13.2 Å². The van der Waals surface area contributed by atoms with Crippen molar-refractivity contribution in [3.8, 4) is 0 Å². The normalized spacial score (nSPS) is 8.42. The van der Waals surface area contributed by atoms with Crippen molar-refractivity contribution in [1.82, 2.24) is 0 Å². The fraction of sp³-hybridized carbons (Fsp3) is 1.00. The second-order valence-electron chi connectivity index (χ2n) is 1.29. The van der Waals surface area contributed by atoms with Gasteiger partial charge in [-0.05, 0) is 13.8 Å². The Morgan fingerprint density at radius 3 is 1.33 bits per heavy atom. The van der Waals surface area contributed by atoms with Crippen molar-refractivity contribution in [2.45, 2.75) is 13.8 Å². The van der Waals surface area contributed by atoms with Crippen LogP contribution in [0.2, 0.25) is 0 Å². The Morgan fingerprint density at radius 1 is 1.17 bits per heavy atom. The molecule has 0 aliphatic carbocycles. The molecule has 0 atom stereocenters. The van der Waals surface area contributed by atoms with Gasteiger partial charge in [0, 0.05) is 13.2 Å². The minimum absolute atomic E-state index is 0. The summed E-state index contributed by atoms with van der Waals surface area (Å²) in [6.07, 6.45) is 0. The van der Waals surface area contributed by atoms with E-state index in [1.807, 2.05) is 13.8 Å². The van der Waals surface area contributed by atoms with Gasteiger partial charge in [0.2, 0.25) is 0 Å². The van der Waals surface area contributed by atoms with Crippen LogP contribution in [0.4, 0.5) is 0 Å².